The summed E-state index contributed by atoms with van der Waals surface area (Å²) in [6.45, 7) is 5.50. The van der Waals surface area contributed by atoms with Gasteiger partial charge in [0.1, 0.15) is 5.75 Å². The summed E-state index contributed by atoms with van der Waals surface area (Å²) in [5.74, 6) is 0.669. The number of aliphatic hydroxyl groups is 1. The highest BCUT2D eigenvalue weighted by atomic mass is 32.1. The van der Waals surface area contributed by atoms with Crippen LogP contribution < -0.4 is 20.5 Å². The van der Waals surface area contributed by atoms with E-state index in [-0.39, 0.29) is 25.4 Å². The summed E-state index contributed by atoms with van der Waals surface area (Å²) in [6.07, 6.45) is 1.29. The number of carbonyl (C=O) groups is 1. The summed E-state index contributed by atoms with van der Waals surface area (Å²) in [5.41, 5.74) is 1.70. The van der Waals surface area contributed by atoms with Gasteiger partial charge in [0.05, 0.1) is 18.7 Å². The predicted molar refractivity (Wildman–Crippen MR) is 155 cm³/mol. The van der Waals surface area contributed by atoms with Crippen LogP contribution >= 0.6 is 11.3 Å². The Balaban J connectivity index is 1.08. The summed E-state index contributed by atoms with van der Waals surface area (Å²) in [6, 6.07) is 17.6. The van der Waals surface area contributed by atoms with E-state index in [4.69, 9.17) is 14.6 Å². The van der Waals surface area contributed by atoms with Crippen molar-refractivity contribution in [2.75, 3.05) is 57.4 Å². The second-order valence-electron chi connectivity index (χ2n) is 9.53. The fourth-order valence-corrected chi connectivity index (χ4v) is 5.72. The molecule has 206 valence electrons. The van der Waals surface area contributed by atoms with Crippen LogP contribution in [0.4, 0.5) is 10.5 Å². The Kier molecular flexibility index (Phi) is 8.97. The van der Waals surface area contributed by atoms with Gasteiger partial charge in [0.25, 0.3) is 5.56 Å². The first-order valence-electron chi connectivity index (χ1n) is 13.3. The van der Waals surface area contributed by atoms with Gasteiger partial charge in [-0.1, -0.05) is 6.07 Å². The Morgan fingerprint density at radius 3 is 2.72 bits per heavy atom. The molecule has 0 spiro atoms. The zero-order valence-corrected chi connectivity index (χ0v) is 22.7. The van der Waals surface area contributed by atoms with E-state index >= 15 is 0 Å². The van der Waals surface area contributed by atoms with Gasteiger partial charge in [0.2, 0.25) is 0 Å². The number of carbonyl (C=O) groups excluding carboxylic acids is 1. The molecule has 0 radical (unpaired) electrons. The van der Waals surface area contributed by atoms with Crippen molar-refractivity contribution in [3.05, 3.63) is 70.3 Å². The number of nitrogens with zero attached hydrogens (tertiary/aromatic N) is 3. The molecule has 1 saturated heterocycles. The van der Waals surface area contributed by atoms with Crippen LogP contribution in [0.1, 0.15) is 12.8 Å². The van der Waals surface area contributed by atoms with Crippen molar-refractivity contribution in [1.29, 1.82) is 0 Å². The number of hydrogen-bond donors (Lipinski definition) is 2. The molecule has 0 unspecified atom stereocenters. The highest BCUT2D eigenvalue weighted by Crippen LogP contribution is 2.31. The van der Waals surface area contributed by atoms with E-state index in [0.29, 0.717) is 17.9 Å². The first kappa shape index (κ1) is 27.0. The summed E-state index contributed by atoms with van der Waals surface area (Å²) in [4.78, 5) is 29.2. The van der Waals surface area contributed by atoms with E-state index in [1.54, 1.807) is 23.5 Å². The van der Waals surface area contributed by atoms with E-state index in [1.165, 1.54) is 26.4 Å². The summed E-state index contributed by atoms with van der Waals surface area (Å²) >= 11 is 1.80. The molecular weight excluding hydrogens is 516 g/mol. The van der Waals surface area contributed by atoms with E-state index < -0.39 is 6.09 Å². The van der Waals surface area contributed by atoms with Crippen LogP contribution in [0.3, 0.4) is 0 Å². The predicted octanol–water partition coefficient (Wildman–Crippen LogP) is 3.87. The molecule has 1 aliphatic heterocycles. The van der Waals surface area contributed by atoms with Crippen molar-refractivity contribution in [3.8, 4) is 5.75 Å². The lowest BCUT2D eigenvalue weighted by atomic mass is 10.2. The number of amides is 1. The smallest absolute Gasteiger partial charge is 0.408 e. The SMILES string of the molecule is O=C(NCCO)OCn1c(=O)ccc2ccc(OCCCCN3CCN(c4cccc5sccc45)CC3)cc21. The molecule has 0 saturated carbocycles. The Morgan fingerprint density at radius 1 is 1.03 bits per heavy atom. The van der Waals surface area contributed by atoms with Crippen LogP contribution in [-0.4, -0.2) is 73.1 Å². The summed E-state index contributed by atoms with van der Waals surface area (Å²) in [5, 5.41) is 15.6. The number of hydrogen-bond acceptors (Lipinski definition) is 8. The Hall–Kier alpha value is -3.60. The number of anilines is 1. The molecule has 39 heavy (non-hydrogen) atoms. The van der Waals surface area contributed by atoms with Crippen LogP contribution in [-0.2, 0) is 11.5 Å². The van der Waals surface area contributed by atoms with Crippen LogP contribution in [0.15, 0.2) is 64.8 Å². The average molecular weight is 551 g/mol. The zero-order chi connectivity index (χ0) is 27.0. The third kappa shape index (κ3) is 6.70. The van der Waals surface area contributed by atoms with Crippen molar-refractivity contribution >= 4 is 44.1 Å². The summed E-state index contributed by atoms with van der Waals surface area (Å²) in [7, 11) is 0. The molecule has 9 nitrogen and oxygen atoms in total. The minimum absolute atomic E-state index is 0.0872. The van der Waals surface area contributed by atoms with Crippen LogP contribution in [0, 0.1) is 0 Å². The van der Waals surface area contributed by atoms with E-state index in [9.17, 15) is 9.59 Å². The van der Waals surface area contributed by atoms with Gasteiger partial charge in [0.15, 0.2) is 6.73 Å². The molecule has 2 aromatic heterocycles. The quantitative estimate of drug-likeness (QED) is 0.274. The minimum atomic E-state index is -0.693. The Bertz CT molecular complexity index is 1460. The molecule has 10 heteroatoms. The standard InChI is InChI=1S/C29H34N4O5S/c34-17-11-30-29(36)38-21-33-26-20-23(8-6-22(26)7-9-28(33)35)37-18-2-1-12-31-13-15-32(16-14-31)25-4-3-5-27-24(25)10-19-39-27/h3-10,19-20,34H,1-2,11-18,21H2,(H,30,36). The molecule has 0 atom stereocenters. The van der Waals surface area contributed by atoms with Gasteiger partial charge in [-0.25, -0.2) is 4.79 Å². The van der Waals surface area contributed by atoms with Crippen LogP contribution in [0.2, 0.25) is 0 Å². The van der Waals surface area contributed by atoms with E-state index in [0.717, 1.165) is 51.0 Å². The van der Waals surface area contributed by atoms with Gasteiger partial charge < -0.3 is 24.8 Å². The largest absolute Gasteiger partial charge is 0.494 e. The fraction of sp³-hybridized carbons (Fsp3) is 0.379. The number of benzene rings is 2. The second kappa shape index (κ2) is 13.0. The molecule has 0 aliphatic carbocycles. The maximum Gasteiger partial charge on any atom is 0.408 e. The lowest BCUT2D eigenvalue weighted by Gasteiger charge is -2.36. The van der Waals surface area contributed by atoms with Gasteiger partial charge in [-0.2, -0.15) is 0 Å². The first-order chi connectivity index (χ1) is 19.1. The van der Waals surface area contributed by atoms with Crippen LogP contribution in [0.5, 0.6) is 5.75 Å². The number of ether oxygens (including phenoxy) is 2. The molecule has 3 heterocycles. The number of fused-ring (bicyclic) bond motifs is 2. The molecular formula is C29H34N4O5S. The maximum atomic E-state index is 12.4. The Morgan fingerprint density at radius 2 is 1.87 bits per heavy atom. The number of alkyl carbamates (subject to hydrolysis) is 1. The molecule has 1 fully saturated rings. The van der Waals surface area contributed by atoms with Crippen molar-refractivity contribution in [1.82, 2.24) is 14.8 Å². The van der Waals surface area contributed by atoms with Crippen molar-refractivity contribution in [2.24, 2.45) is 0 Å². The zero-order valence-electron chi connectivity index (χ0n) is 21.9. The van der Waals surface area contributed by atoms with Crippen molar-refractivity contribution in [2.45, 2.75) is 19.6 Å². The minimum Gasteiger partial charge on any atom is -0.494 e. The van der Waals surface area contributed by atoms with Gasteiger partial charge in [-0.15, -0.1) is 11.3 Å². The Labute approximate surface area is 231 Å². The number of nitrogens with one attached hydrogen (secondary N) is 1. The maximum absolute atomic E-state index is 12.4. The van der Waals surface area contributed by atoms with E-state index in [2.05, 4.69) is 44.8 Å². The number of aromatic nitrogens is 1. The molecule has 1 amide bonds. The van der Waals surface area contributed by atoms with Crippen molar-refractivity contribution < 1.29 is 19.4 Å². The lowest BCUT2D eigenvalue weighted by molar-refractivity contribution is 0.112. The van der Waals surface area contributed by atoms with Crippen molar-refractivity contribution in [3.63, 3.8) is 0 Å². The third-order valence-electron chi connectivity index (χ3n) is 6.99. The lowest BCUT2D eigenvalue weighted by Crippen LogP contribution is -2.46. The normalized spacial score (nSPS) is 14.1. The number of thiophene rings is 1. The average Bonchev–Trinajstić information content (AvgIpc) is 3.45. The van der Waals surface area contributed by atoms with E-state index in [1.807, 2.05) is 12.1 Å². The van der Waals surface area contributed by atoms with Crippen LogP contribution in [0.25, 0.3) is 21.0 Å². The number of unbranched alkanes of at least 4 members (excludes halogenated alkanes) is 1. The monoisotopic (exact) mass is 550 g/mol. The van der Waals surface area contributed by atoms with Gasteiger partial charge in [-0.05, 0) is 66.6 Å². The topological polar surface area (TPSA) is 96.3 Å². The fourth-order valence-electron chi connectivity index (χ4n) is 4.92. The number of piperazine rings is 1. The molecule has 5 rings (SSSR count). The molecule has 2 N–H and O–H groups in total. The highest BCUT2D eigenvalue weighted by molar-refractivity contribution is 7.17. The first-order valence-corrected chi connectivity index (χ1v) is 14.2. The molecule has 0 bridgehead atoms. The number of aliphatic hydroxyl groups excluding tert-OH is 1. The number of rotatable bonds is 11. The molecule has 2 aromatic carbocycles. The molecule has 1 aliphatic rings. The van der Waals surface area contributed by atoms with Gasteiger partial charge in [-0.3, -0.25) is 14.3 Å². The highest BCUT2D eigenvalue weighted by Gasteiger charge is 2.18. The molecule has 4 aromatic rings. The van der Waals surface area contributed by atoms with Gasteiger partial charge >= 0.3 is 6.09 Å². The number of pyridine rings is 1. The summed E-state index contributed by atoms with van der Waals surface area (Å²) < 4.78 is 13.9. The third-order valence-corrected chi connectivity index (χ3v) is 7.88. The van der Waals surface area contributed by atoms with Gasteiger partial charge in [0, 0.05) is 60.6 Å². The second-order valence-corrected chi connectivity index (χ2v) is 10.5.